The van der Waals surface area contributed by atoms with Crippen molar-refractivity contribution in [3.05, 3.63) is 18.0 Å². The summed E-state index contributed by atoms with van der Waals surface area (Å²) in [6.07, 6.45) is 1.09. The molecule has 0 unspecified atom stereocenters. The average molecular weight is 351 g/mol. The maximum Gasteiger partial charge on any atom is 0.200 e. The standard InChI is InChI=1S/C17H25N3O3S/c1-16(2,3)15-20-12-6-5-11(18)14(13(12)23-15)24(21,22)17(4)7-9-19-10-8-17/h5-6,19H,7-10,18H2,1-4H3. The van der Waals surface area contributed by atoms with Crippen molar-refractivity contribution in [2.45, 2.75) is 55.6 Å². The molecule has 1 saturated heterocycles. The highest BCUT2D eigenvalue weighted by Crippen LogP contribution is 2.40. The Morgan fingerprint density at radius 3 is 2.46 bits per heavy atom. The van der Waals surface area contributed by atoms with Gasteiger partial charge >= 0.3 is 0 Å². The van der Waals surface area contributed by atoms with Crippen LogP contribution in [0.5, 0.6) is 0 Å². The summed E-state index contributed by atoms with van der Waals surface area (Å²) >= 11 is 0. The number of sulfone groups is 1. The van der Waals surface area contributed by atoms with Gasteiger partial charge in [-0.2, -0.15) is 0 Å². The van der Waals surface area contributed by atoms with E-state index in [2.05, 4.69) is 10.3 Å². The molecule has 3 rings (SSSR count). The first-order chi connectivity index (χ1) is 11.1. The first-order valence-electron chi connectivity index (χ1n) is 8.21. The molecule has 0 spiro atoms. The van der Waals surface area contributed by atoms with E-state index in [-0.39, 0.29) is 21.6 Å². The third kappa shape index (κ3) is 2.59. The Kier molecular flexibility index (Phi) is 3.92. The number of hydrogen-bond donors (Lipinski definition) is 2. The Labute approximate surface area is 142 Å². The normalized spacial score (nSPS) is 18.8. The van der Waals surface area contributed by atoms with Gasteiger partial charge in [-0.25, -0.2) is 13.4 Å². The van der Waals surface area contributed by atoms with Gasteiger partial charge in [-0.3, -0.25) is 0 Å². The molecule has 1 fully saturated rings. The zero-order chi connectivity index (χ0) is 17.8. The van der Waals surface area contributed by atoms with Crippen LogP contribution in [-0.2, 0) is 15.3 Å². The first-order valence-corrected chi connectivity index (χ1v) is 9.69. The summed E-state index contributed by atoms with van der Waals surface area (Å²) < 4.78 is 31.8. The molecule has 1 aromatic carbocycles. The van der Waals surface area contributed by atoms with Gasteiger partial charge in [-0.1, -0.05) is 20.8 Å². The Morgan fingerprint density at radius 1 is 1.25 bits per heavy atom. The average Bonchev–Trinajstić information content (AvgIpc) is 2.91. The molecule has 6 nitrogen and oxygen atoms in total. The van der Waals surface area contributed by atoms with Gasteiger partial charge in [0.05, 0.1) is 10.4 Å². The van der Waals surface area contributed by atoms with Crippen LogP contribution in [-0.4, -0.2) is 31.2 Å². The second kappa shape index (κ2) is 5.46. The van der Waals surface area contributed by atoms with E-state index in [1.54, 1.807) is 19.1 Å². The Bertz CT molecular complexity index is 872. The Morgan fingerprint density at radius 2 is 1.88 bits per heavy atom. The maximum absolute atomic E-state index is 13.4. The number of benzene rings is 1. The van der Waals surface area contributed by atoms with Gasteiger partial charge in [-0.05, 0) is 45.0 Å². The lowest BCUT2D eigenvalue weighted by atomic mass is 9.97. The summed E-state index contributed by atoms with van der Waals surface area (Å²) in [7, 11) is -3.65. The van der Waals surface area contributed by atoms with Gasteiger partial charge in [0.1, 0.15) is 10.4 Å². The molecular formula is C17H25N3O3S. The molecule has 24 heavy (non-hydrogen) atoms. The zero-order valence-corrected chi connectivity index (χ0v) is 15.5. The number of aromatic nitrogens is 1. The minimum Gasteiger partial charge on any atom is -0.439 e. The van der Waals surface area contributed by atoms with Gasteiger partial charge < -0.3 is 15.5 Å². The molecule has 0 aliphatic carbocycles. The van der Waals surface area contributed by atoms with Crippen molar-refractivity contribution >= 4 is 26.6 Å². The zero-order valence-electron chi connectivity index (χ0n) is 14.6. The van der Waals surface area contributed by atoms with Crippen molar-refractivity contribution in [2.75, 3.05) is 18.8 Å². The molecule has 132 valence electrons. The van der Waals surface area contributed by atoms with Gasteiger partial charge in [0, 0.05) is 5.41 Å². The van der Waals surface area contributed by atoms with Crippen molar-refractivity contribution in [2.24, 2.45) is 0 Å². The van der Waals surface area contributed by atoms with Crippen molar-refractivity contribution < 1.29 is 12.8 Å². The highest BCUT2D eigenvalue weighted by molar-refractivity contribution is 7.93. The number of oxazole rings is 1. The van der Waals surface area contributed by atoms with Crippen molar-refractivity contribution in [1.82, 2.24) is 10.3 Å². The van der Waals surface area contributed by atoms with E-state index < -0.39 is 14.6 Å². The van der Waals surface area contributed by atoms with Gasteiger partial charge in [0.25, 0.3) is 0 Å². The largest absolute Gasteiger partial charge is 0.439 e. The van der Waals surface area contributed by atoms with Crippen LogP contribution >= 0.6 is 0 Å². The predicted molar refractivity (Wildman–Crippen MR) is 94.8 cm³/mol. The highest BCUT2D eigenvalue weighted by Gasteiger charge is 2.44. The molecule has 0 bridgehead atoms. The predicted octanol–water partition coefficient (Wildman–Crippen LogP) is 2.62. The second-order valence-corrected chi connectivity index (χ2v) is 10.2. The van der Waals surface area contributed by atoms with E-state index in [0.717, 1.165) is 0 Å². The topological polar surface area (TPSA) is 98.2 Å². The molecule has 1 aliphatic rings. The van der Waals surface area contributed by atoms with Crippen LogP contribution in [0.25, 0.3) is 11.1 Å². The molecule has 2 aromatic rings. The SMILES string of the molecule is CC(C)(C)c1nc2ccc(N)c(S(=O)(=O)C3(C)CCNCC3)c2o1. The number of nitrogens with one attached hydrogen (secondary N) is 1. The van der Waals surface area contributed by atoms with Crippen molar-refractivity contribution in [3.63, 3.8) is 0 Å². The first kappa shape index (κ1) is 17.2. The molecule has 0 amide bonds. The summed E-state index contributed by atoms with van der Waals surface area (Å²) in [4.78, 5) is 4.56. The Balaban J connectivity index is 2.25. The molecule has 2 heterocycles. The van der Waals surface area contributed by atoms with E-state index in [1.807, 2.05) is 20.8 Å². The fraction of sp³-hybridized carbons (Fsp3) is 0.588. The van der Waals surface area contributed by atoms with Crippen LogP contribution in [0.1, 0.15) is 46.4 Å². The minimum atomic E-state index is -3.65. The second-order valence-electron chi connectivity index (χ2n) is 7.80. The van der Waals surface area contributed by atoms with E-state index in [0.29, 0.717) is 37.3 Å². The van der Waals surface area contributed by atoms with Crippen LogP contribution in [0, 0.1) is 0 Å². The molecule has 3 N–H and O–H groups in total. The third-order valence-corrected chi connectivity index (χ3v) is 7.43. The highest BCUT2D eigenvalue weighted by atomic mass is 32.2. The summed E-state index contributed by atoms with van der Waals surface area (Å²) in [5, 5.41) is 3.21. The third-order valence-electron chi connectivity index (χ3n) is 4.76. The lowest BCUT2D eigenvalue weighted by molar-refractivity contribution is 0.402. The number of nitrogens with zero attached hydrogens (tertiary/aromatic N) is 1. The monoisotopic (exact) mass is 351 g/mol. The van der Waals surface area contributed by atoms with Crippen LogP contribution in [0.15, 0.2) is 21.4 Å². The molecule has 1 aliphatic heterocycles. The van der Waals surface area contributed by atoms with Crippen molar-refractivity contribution in [1.29, 1.82) is 0 Å². The van der Waals surface area contributed by atoms with E-state index in [4.69, 9.17) is 10.2 Å². The minimum absolute atomic E-state index is 0.0902. The van der Waals surface area contributed by atoms with E-state index in [9.17, 15) is 8.42 Å². The Hall–Kier alpha value is -1.60. The number of fused-ring (bicyclic) bond motifs is 1. The van der Waals surface area contributed by atoms with Gasteiger partial charge in [0.15, 0.2) is 15.4 Å². The number of anilines is 1. The lowest BCUT2D eigenvalue weighted by Crippen LogP contribution is -2.45. The lowest BCUT2D eigenvalue weighted by Gasteiger charge is -2.33. The molecule has 1 aromatic heterocycles. The molecule has 0 atom stereocenters. The fourth-order valence-corrected chi connectivity index (χ4v) is 5.05. The summed E-state index contributed by atoms with van der Waals surface area (Å²) in [6, 6.07) is 3.32. The smallest absolute Gasteiger partial charge is 0.200 e. The van der Waals surface area contributed by atoms with E-state index >= 15 is 0 Å². The fourth-order valence-electron chi connectivity index (χ4n) is 3.05. The molecule has 7 heteroatoms. The number of piperidine rings is 1. The number of hydrogen-bond acceptors (Lipinski definition) is 6. The quantitative estimate of drug-likeness (QED) is 0.807. The van der Waals surface area contributed by atoms with Crippen LogP contribution in [0.4, 0.5) is 5.69 Å². The summed E-state index contributed by atoms with van der Waals surface area (Å²) in [5.41, 5.74) is 6.79. The van der Waals surface area contributed by atoms with Crippen LogP contribution in [0.2, 0.25) is 0 Å². The number of rotatable bonds is 2. The summed E-state index contributed by atoms with van der Waals surface area (Å²) in [5.74, 6) is 0.509. The van der Waals surface area contributed by atoms with Gasteiger partial charge in [-0.15, -0.1) is 0 Å². The van der Waals surface area contributed by atoms with Crippen LogP contribution < -0.4 is 11.1 Å². The maximum atomic E-state index is 13.4. The number of nitrogen functional groups attached to an aromatic ring is 1. The molecule has 0 saturated carbocycles. The number of nitrogens with two attached hydrogens (primary N) is 1. The molecular weight excluding hydrogens is 326 g/mol. The summed E-state index contributed by atoms with van der Waals surface area (Å²) in [6.45, 7) is 9.07. The van der Waals surface area contributed by atoms with E-state index in [1.165, 1.54) is 0 Å². The molecule has 0 radical (unpaired) electrons. The van der Waals surface area contributed by atoms with Crippen molar-refractivity contribution in [3.8, 4) is 0 Å². The van der Waals surface area contributed by atoms with Crippen LogP contribution in [0.3, 0.4) is 0 Å². The van der Waals surface area contributed by atoms with Gasteiger partial charge in [0.2, 0.25) is 5.89 Å².